The molecule has 1 saturated heterocycles. The average molecular weight is 335 g/mol. The number of amides is 1. The molecule has 2 aliphatic rings. The maximum absolute atomic E-state index is 12.1. The van der Waals surface area contributed by atoms with Crippen molar-refractivity contribution in [1.29, 1.82) is 0 Å². The summed E-state index contributed by atoms with van der Waals surface area (Å²) in [6.45, 7) is 5.94. The van der Waals surface area contributed by atoms with Gasteiger partial charge in [-0.05, 0) is 25.9 Å². The third kappa shape index (κ3) is 3.45. The number of aromatic amines is 1. The molecule has 1 atom stereocenters. The minimum Gasteiger partial charge on any atom is -0.369 e. The molecular weight excluding hydrogens is 310 g/mol. The Kier molecular flexibility index (Phi) is 4.89. The maximum Gasteiger partial charge on any atom is 0.277 e. The number of nitrogen functional groups attached to an aromatic ring is 1. The van der Waals surface area contributed by atoms with Crippen molar-refractivity contribution in [3.8, 4) is 0 Å². The molecule has 0 spiro atoms. The first-order chi connectivity index (χ1) is 11.6. The number of anilines is 3. The number of carbonyl (C=O) groups excluding carboxylic acids is 1. The average Bonchev–Trinajstić information content (AvgIpc) is 3.17. The van der Waals surface area contributed by atoms with E-state index in [-0.39, 0.29) is 17.4 Å². The lowest BCUT2D eigenvalue weighted by Gasteiger charge is -2.23. The van der Waals surface area contributed by atoms with E-state index < -0.39 is 0 Å². The van der Waals surface area contributed by atoms with Crippen molar-refractivity contribution in [1.82, 2.24) is 20.2 Å². The molecule has 1 fully saturated rings. The Hall–Kier alpha value is -2.29. The normalized spacial score (nSPS) is 20.0. The highest BCUT2D eigenvalue weighted by Gasteiger charge is 2.25. The van der Waals surface area contributed by atoms with E-state index in [1.807, 2.05) is 4.90 Å². The Morgan fingerprint density at radius 1 is 1.50 bits per heavy atom. The van der Waals surface area contributed by atoms with Crippen LogP contribution in [0, 0.1) is 0 Å². The number of rotatable bonds is 6. The molecule has 1 aromatic rings. The number of likely N-dealkylation sites (N-methyl/N-ethyl adjacent to an activating group) is 1. The van der Waals surface area contributed by atoms with Gasteiger partial charge in [0, 0.05) is 25.6 Å². The Balaban J connectivity index is 1.49. The van der Waals surface area contributed by atoms with Gasteiger partial charge in [0.1, 0.15) is 5.69 Å². The molecule has 0 radical (unpaired) electrons. The third-order valence-corrected chi connectivity index (χ3v) is 4.71. The van der Waals surface area contributed by atoms with E-state index in [9.17, 15) is 9.59 Å². The number of nitrogens with one attached hydrogen (secondary N) is 3. The van der Waals surface area contributed by atoms with Gasteiger partial charge < -0.3 is 21.3 Å². The molecule has 0 bridgehead atoms. The monoisotopic (exact) mass is 335 g/mol. The van der Waals surface area contributed by atoms with E-state index in [0.29, 0.717) is 43.7 Å². The summed E-state index contributed by atoms with van der Waals surface area (Å²) in [6, 6.07) is 0.452. The molecule has 3 heterocycles. The largest absolute Gasteiger partial charge is 0.369 e. The van der Waals surface area contributed by atoms with Crippen LogP contribution in [0.4, 0.5) is 17.5 Å². The highest BCUT2D eigenvalue weighted by Crippen LogP contribution is 2.25. The number of hydrogen-bond donors (Lipinski definition) is 4. The molecule has 24 heavy (non-hydrogen) atoms. The number of hydrogen-bond acceptors (Lipinski definition) is 7. The second kappa shape index (κ2) is 7.08. The number of nitrogens with zero attached hydrogens (tertiary/aromatic N) is 3. The number of aromatic nitrogens is 2. The van der Waals surface area contributed by atoms with Gasteiger partial charge >= 0.3 is 0 Å². The summed E-state index contributed by atoms with van der Waals surface area (Å²) >= 11 is 0. The number of carbonyl (C=O) groups is 1. The van der Waals surface area contributed by atoms with E-state index in [1.165, 1.54) is 6.42 Å². The van der Waals surface area contributed by atoms with Gasteiger partial charge in [0.15, 0.2) is 5.82 Å². The van der Waals surface area contributed by atoms with Crippen molar-refractivity contribution in [3.05, 3.63) is 10.4 Å². The number of nitrogens with two attached hydrogens (primary N) is 1. The standard InChI is InChI=1S/C15H25N7O2/c1-2-21-6-3-4-10(21)8-17-11(23)5-7-22-9-18-12-13(22)19-15(16)20-14(12)24/h10,18H,2-9H2,1H3,(H,17,23)(H3,16,19,20,24). The van der Waals surface area contributed by atoms with Gasteiger partial charge in [-0.2, -0.15) is 4.98 Å². The van der Waals surface area contributed by atoms with Crippen LogP contribution in [0.1, 0.15) is 26.2 Å². The van der Waals surface area contributed by atoms with Crippen molar-refractivity contribution in [3.63, 3.8) is 0 Å². The molecule has 0 saturated carbocycles. The van der Waals surface area contributed by atoms with Gasteiger partial charge in [-0.1, -0.05) is 6.92 Å². The minimum atomic E-state index is -0.287. The summed E-state index contributed by atoms with van der Waals surface area (Å²) < 4.78 is 0. The first-order valence-electron chi connectivity index (χ1n) is 8.48. The zero-order chi connectivity index (χ0) is 17.1. The van der Waals surface area contributed by atoms with E-state index in [0.717, 1.165) is 19.5 Å². The molecule has 132 valence electrons. The number of H-pyrrole nitrogens is 1. The van der Waals surface area contributed by atoms with Crippen molar-refractivity contribution in [2.24, 2.45) is 0 Å². The van der Waals surface area contributed by atoms with Crippen molar-refractivity contribution in [2.45, 2.75) is 32.2 Å². The fraction of sp³-hybridized carbons (Fsp3) is 0.667. The number of likely N-dealkylation sites (tertiary alicyclic amines) is 1. The predicted molar refractivity (Wildman–Crippen MR) is 93.0 cm³/mol. The Morgan fingerprint density at radius 3 is 3.12 bits per heavy atom. The second-order valence-corrected chi connectivity index (χ2v) is 6.23. The molecule has 5 N–H and O–H groups in total. The lowest BCUT2D eigenvalue weighted by Crippen LogP contribution is -2.40. The molecule has 3 rings (SSSR count). The Bertz CT molecular complexity index is 660. The zero-order valence-electron chi connectivity index (χ0n) is 14.0. The van der Waals surface area contributed by atoms with Gasteiger partial charge in [0.25, 0.3) is 5.56 Å². The Labute approximate surface area is 140 Å². The lowest BCUT2D eigenvalue weighted by atomic mass is 10.2. The summed E-state index contributed by atoms with van der Waals surface area (Å²) in [6.07, 6.45) is 2.70. The second-order valence-electron chi connectivity index (χ2n) is 6.23. The molecule has 9 heteroatoms. The van der Waals surface area contributed by atoms with Crippen LogP contribution >= 0.6 is 0 Å². The molecule has 2 aliphatic heterocycles. The fourth-order valence-corrected chi connectivity index (χ4v) is 3.40. The quantitative estimate of drug-likeness (QED) is 0.555. The highest BCUT2D eigenvalue weighted by atomic mass is 16.1. The van der Waals surface area contributed by atoms with E-state index in [4.69, 9.17) is 5.73 Å². The van der Waals surface area contributed by atoms with Crippen LogP contribution in [0.3, 0.4) is 0 Å². The molecule has 1 aromatic heterocycles. The van der Waals surface area contributed by atoms with Gasteiger partial charge in [-0.3, -0.25) is 19.5 Å². The summed E-state index contributed by atoms with van der Waals surface area (Å²) in [5.41, 5.74) is 5.71. The van der Waals surface area contributed by atoms with Crippen LogP contribution in [0.5, 0.6) is 0 Å². The van der Waals surface area contributed by atoms with Crippen LogP contribution in [0.2, 0.25) is 0 Å². The van der Waals surface area contributed by atoms with Gasteiger partial charge in [-0.15, -0.1) is 0 Å². The van der Waals surface area contributed by atoms with Crippen LogP contribution in [-0.2, 0) is 4.79 Å². The van der Waals surface area contributed by atoms with Crippen molar-refractivity contribution >= 4 is 23.4 Å². The lowest BCUT2D eigenvalue weighted by molar-refractivity contribution is -0.121. The van der Waals surface area contributed by atoms with Crippen LogP contribution in [0.15, 0.2) is 4.79 Å². The maximum atomic E-state index is 12.1. The molecule has 1 amide bonds. The zero-order valence-corrected chi connectivity index (χ0v) is 14.0. The molecule has 9 nitrogen and oxygen atoms in total. The number of fused-ring (bicyclic) bond motifs is 1. The molecular formula is C15H25N7O2. The van der Waals surface area contributed by atoms with E-state index in [1.54, 1.807) is 0 Å². The van der Waals surface area contributed by atoms with E-state index >= 15 is 0 Å². The van der Waals surface area contributed by atoms with Crippen molar-refractivity contribution in [2.75, 3.05) is 48.8 Å². The van der Waals surface area contributed by atoms with Gasteiger partial charge in [0.2, 0.25) is 11.9 Å². The SMILES string of the molecule is CCN1CCCC1CNC(=O)CCN1CNc2c1nc(N)[nH]c2=O. The minimum absolute atomic E-state index is 0.0178. The summed E-state index contributed by atoms with van der Waals surface area (Å²) in [5, 5.41) is 6.00. The Morgan fingerprint density at radius 2 is 2.33 bits per heavy atom. The van der Waals surface area contributed by atoms with Crippen LogP contribution in [-0.4, -0.2) is 59.7 Å². The van der Waals surface area contributed by atoms with Gasteiger partial charge in [0.05, 0.1) is 6.67 Å². The first kappa shape index (κ1) is 16.6. The van der Waals surface area contributed by atoms with Crippen molar-refractivity contribution < 1.29 is 4.79 Å². The molecule has 1 unspecified atom stereocenters. The van der Waals surface area contributed by atoms with Crippen LogP contribution < -0.4 is 26.8 Å². The summed E-state index contributed by atoms with van der Waals surface area (Å²) in [5.74, 6) is 0.610. The topological polar surface area (TPSA) is 119 Å². The molecule has 0 aliphatic carbocycles. The fourth-order valence-electron chi connectivity index (χ4n) is 3.40. The summed E-state index contributed by atoms with van der Waals surface area (Å²) in [4.78, 5) is 34.7. The third-order valence-electron chi connectivity index (χ3n) is 4.71. The van der Waals surface area contributed by atoms with E-state index in [2.05, 4.69) is 32.4 Å². The smallest absolute Gasteiger partial charge is 0.277 e. The van der Waals surface area contributed by atoms with Gasteiger partial charge in [-0.25, -0.2) is 0 Å². The predicted octanol–water partition coefficient (Wildman–Crippen LogP) is -0.468. The van der Waals surface area contributed by atoms with Crippen LogP contribution in [0.25, 0.3) is 0 Å². The summed E-state index contributed by atoms with van der Waals surface area (Å²) in [7, 11) is 0. The first-order valence-corrected chi connectivity index (χ1v) is 8.48. The highest BCUT2D eigenvalue weighted by molar-refractivity contribution is 5.77. The molecule has 0 aromatic carbocycles.